The smallest absolute Gasteiger partial charge is 0.255 e. The van der Waals surface area contributed by atoms with Gasteiger partial charge < -0.3 is 4.74 Å². The predicted octanol–water partition coefficient (Wildman–Crippen LogP) is 3.08. The third-order valence-corrected chi connectivity index (χ3v) is 5.23. The maximum absolute atomic E-state index is 12.1. The summed E-state index contributed by atoms with van der Waals surface area (Å²) in [4.78, 5) is 20.1. The van der Waals surface area contributed by atoms with E-state index in [1.807, 2.05) is 18.2 Å². The maximum atomic E-state index is 12.1. The molecule has 1 aromatic heterocycles. The molecule has 0 fully saturated rings. The van der Waals surface area contributed by atoms with Gasteiger partial charge in [0.15, 0.2) is 9.84 Å². The van der Waals surface area contributed by atoms with Crippen molar-refractivity contribution in [2.75, 3.05) is 6.26 Å². The van der Waals surface area contributed by atoms with E-state index in [0.29, 0.717) is 16.9 Å². The molecule has 0 atom stereocenters. The van der Waals surface area contributed by atoms with Crippen LogP contribution in [0.25, 0.3) is 5.57 Å². The number of aromatic nitrogens is 1. The number of dihydropyridines is 1. The van der Waals surface area contributed by atoms with Crippen LogP contribution in [0.15, 0.2) is 58.6 Å². The monoisotopic (exact) mass is 384 g/mol. The number of pyridine rings is 1. The molecular formula is C20H20N2O4S. The van der Waals surface area contributed by atoms with Crippen molar-refractivity contribution in [1.29, 1.82) is 0 Å². The number of nitrogens with zero attached hydrogens (tertiary/aromatic N) is 2. The predicted molar refractivity (Wildman–Crippen MR) is 103 cm³/mol. The quantitative estimate of drug-likeness (QED) is 0.791. The van der Waals surface area contributed by atoms with E-state index < -0.39 is 15.3 Å². The summed E-state index contributed by atoms with van der Waals surface area (Å²) in [7, 11) is -3.44. The molecule has 1 aromatic carbocycles. The average Bonchev–Trinajstić information content (AvgIpc) is 2.62. The zero-order valence-corrected chi connectivity index (χ0v) is 16.2. The first-order valence-electron chi connectivity index (χ1n) is 8.35. The summed E-state index contributed by atoms with van der Waals surface area (Å²) in [5, 5.41) is 0. The first kappa shape index (κ1) is 19.0. The third kappa shape index (κ3) is 4.49. The Balaban J connectivity index is 1.99. The Morgan fingerprint density at radius 2 is 1.93 bits per heavy atom. The second-order valence-corrected chi connectivity index (χ2v) is 8.98. The Morgan fingerprint density at radius 3 is 2.56 bits per heavy atom. The summed E-state index contributed by atoms with van der Waals surface area (Å²) >= 11 is 0. The van der Waals surface area contributed by atoms with Crippen LogP contribution >= 0.6 is 0 Å². The SMILES string of the molecule is CC1(C)C=C(c2cc(OCc3ccccn3)cc(S(C)(=O)=O)c2)C=NC1=O. The van der Waals surface area contributed by atoms with E-state index >= 15 is 0 Å². The topological polar surface area (TPSA) is 85.7 Å². The van der Waals surface area contributed by atoms with Gasteiger partial charge >= 0.3 is 0 Å². The van der Waals surface area contributed by atoms with Crippen LogP contribution in [-0.2, 0) is 21.2 Å². The van der Waals surface area contributed by atoms with E-state index in [9.17, 15) is 13.2 Å². The van der Waals surface area contributed by atoms with Crippen LogP contribution in [0.1, 0.15) is 25.1 Å². The Labute approximate surface area is 158 Å². The maximum Gasteiger partial charge on any atom is 0.255 e. The van der Waals surface area contributed by atoms with Gasteiger partial charge in [0, 0.05) is 18.7 Å². The summed E-state index contributed by atoms with van der Waals surface area (Å²) in [6, 6.07) is 10.3. The minimum Gasteiger partial charge on any atom is -0.487 e. The van der Waals surface area contributed by atoms with Crippen molar-refractivity contribution in [3.63, 3.8) is 0 Å². The van der Waals surface area contributed by atoms with Gasteiger partial charge in [-0.3, -0.25) is 9.78 Å². The fourth-order valence-corrected chi connectivity index (χ4v) is 3.29. The van der Waals surface area contributed by atoms with Crippen LogP contribution in [0.3, 0.4) is 0 Å². The standard InChI is InChI=1S/C20H20N2O4S/c1-20(2)11-15(12-22-19(20)23)14-8-17(10-18(9-14)27(3,24)25)26-13-16-6-4-5-7-21-16/h4-12H,13H2,1-3H3. The summed E-state index contributed by atoms with van der Waals surface area (Å²) in [6.45, 7) is 3.75. The van der Waals surface area contributed by atoms with E-state index in [0.717, 1.165) is 11.9 Å². The highest BCUT2D eigenvalue weighted by molar-refractivity contribution is 7.90. The second-order valence-electron chi connectivity index (χ2n) is 6.96. The molecule has 0 saturated heterocycles. The molecule has 0 spiro atoms. The lowest BCUT2D eigenvalue weighted by molar-refractivity contribution is -0.123. The van der Waals surface area contributed by atoms with Crippen LogP contribution in [0, 0.1) is 5.41 Å². The zero-order valence-electron chi connectivity index (χ0n) is 15.3. The van der Waals surface area contributed by atoms with Gasteiger partial charge in [-0.05, 0) is 55.3 Å². The van der Waals surface area contributed by atoms with Crippen molar-refractivity contribution in [1.82, 2.24) is 4.98 Å². The number of rotatable bonds is 5. The molecule has 3 rings (SSSR count). The molecule has 0 unspecified atom stereocenters. The summed E-state index contributed by atoms with van der Waals surface area (Å²) < 4.78 is 30.0. The Hall–Kier alpha value is -2.80. The lowest BCUT2D eigenvalue weighted by Crippen LogP contribution is -2.23. The third-order valence-electron chi connectivity index (χ3n) is 4.14. The molecule has 1 amide bonds. The molecule has 140 valence electrons. The summed E-state index contributed by atoms with van der Waals surface area (Å²) in [5.41, 5.74) is 1.28. The van der Waals surface area contributed by atoms with E-state index in [-0.39, 0.29) is 17.4 Å². The van der Waals surface area contributed by atoms with Crippen LogP contribution < -0.4 is 4.74 Å². The van der Waals surface area contributed by atoms with E-state index in [1.165, 1.54) is 12.3 Å². The fraction of sp³-hybridized carbons (Fsp3) is 0.250. The van der Waals surface area contributed by atoms with E-state index in [1.54, 1.807) is 38.3 Å². The molecule has 6 nitrogen and oxygen atoms in total. The largest absolute Gasteiger partial charge is 0.487 e. The summed E-state index contributed by atoms with van der Waals surface area (Å²) in [5.74, 6) is 0.166. The highest BCUT2D eigenvalue weighted by Crippen LogP contribution is 2.31. The highest BCUT2D eigenvalue weighted by atomic mass is 32.2. The molecule has 2 heterocycles. The minimum absolute atomic E-state index is 0.139. The number of carbonyl (C=O) groups is 1. The number of allylic oxidation sites excluding steroid dienone is 1. The van der Waals surface area contributed by atoms with Gasteiger partial charge in [-0.2, -0.15) is 0 Å². The highest BCUT2D eigenvalue weighted by Gasteiger charge is 2.28. The molecule has 2 aromatic rings. The molecule has 0 radical (unpaired) electrons. The number of amides is 1. The molecule has 27 heavy (non-hydrogen) atoms. The minimum atomic E-state index is -3.44. The van der Waals surface area contributed by atoms with Crippen molar-refractivity contribution in [3.05, 3.63) is 59.9 Å². The van der Waals surface area contributed by atoms with Crippen molar-refractivity contribution in [3.8, 4) is 5.75 Å². The number of benzene rings is 1. The Kier molecular flexibility index (Phi) is 4.97. The zero-order chi connectivity index (χ0) is 19.7. The molecule has 1 aliphatic rings. The molecule has 1 aliphatic heterocycles. The van der Waals surface area contributed by atoms with Gasteiger partial charge in [-0.25, -0.2) is 13.4 Å². The molecule has 7 heteroatoms. The molecule has 0 saturated carbocycles. The fourth-order valence-electron chi connectivity index (χ4n) is 2.62. The molecular weight excluding hydrogens is 364 g/mol. The lowest BCUT2D eigenvalue weighted by atomic mass is 9.86. The average molecular weight is 384 g/mol. The number of carbonyl (C=O) groups excluding carboxylic acids is 1. The van der Waals surface area contributed by atoms with Crippen molar-refractivity contribution >= 4 is 27.5 Å². The van der Waals surface area contributed by atoms with Crippen molar-refractivity contribution in [2.45, 2.75) is 25.3 Å². The van der Waals surface area contributed by atoms with Crippen LogP contribution in [-0.4, -0.2) is 31.8 Å². The number of hydrogen-bond acceptors (Lipinski definition) is 5. The van der Waals surface area contributed by atoms with Gasteiger partial charge in [-0.1, -0.05) is 12.1 Å². The van der Waals surface area contributed by atoms with E-state index in [2.05, 4.69) is 9.98 Å². The first-order valence-corrected chi connectivity index (χ1v) is 10.2. The first-order chi connectivity index (χ1) is 12.6. The van der Waals surface area contributed by atoms with Crippen LogP contribution in [0.5, 0.6) is 5.75 Å². The molecule has 0 bridgehead atoms. The molecule has 0 N–H and O–H groups in total. The van der Waals surface area contributed by atoms with Gasteiger partial charge in [0.1, 0.15) is 12.4 Å². The number of hydrogen-bond donors (Lipinski definition) is 0. The normalized spacial score (nSPS) is 16.1. The van der Waals surface area contributed by atoms with Crippen molar-refractivity contribution in [2.24, 2.45) is 10.4 Å². The lowest BCUT2D eigenvalue weighted by Gasteiger charge is -2.21. The molecule has 0 aliphatic carbocycles. The summed E-state index contributed by atoms with van der Waals surface area (Å²) in [6.07, 6.45) is 6.05. The Bertz CT molecular complexity index is 1040. The van der Waals surface area contributed by atoms with Crippen LogP contribution in [0.4, 0.5) is 0 Å². The van der Waals surface area contributed by atoms with Crippen molar-refractivity contribution < 1.29 is 17.9 Å². The van der Waals surface area contributed by atoms with E-state index in [4.69, 9.17) is 4.74 Å². The van der Waals surface area contributed by atoms with Gasteiger partial charge in [0.25, 0.3) is 5.91 Å². The number of sulfone groups is 1. The second kappa shape index (κ2) is 7.08. The van der Waals surface area contributed by atoms with Gasteiger partial charge in [0.05, 0.1) is 16.0 Å². The Morgan fingerprint density at radius 1 is 1.15 bits per heavy atom. The van der Waals surface area contributed by atoms with Gasteiger partial charge in [-0.15, -0.1) is 0 Å². The number of ether oxygens (including phenoxy) is 1. The van der Waals surface area contributed by atoms with Crippen LogP contribution in [0.2, 0.25) is 0 Å². The van der Waals surface area contributed by atoms with Gasteiger partial charge in [0.2, 0.25) is 0 Å². The number of aliphatic imine (C=N–C) groups is 1.